The molecule has 4 nitrogen and oxygen atoms in total. The molecule has 0 fully saturated rings. The van der Waals surface area contributed by atoms with Crippen LogP contribution in [0.3, 0.4) is 0 Å². The smallest absolute Gasteiger partial charge is 0.196 e. The molecule has 0 bridgehead atoms. The predicted octanol–water partition coefficient (Wildman–Crippen LogP) is 4.94. The lowest BCUT2D eigenvalue weighted by Gasteiger charge is -2.11. The van der Waals surface area contributed by atoms with E-state index in [2.05, 4.69) is 10.2 Å². The van der Waals surface area contributed by atoms with E-state index in [1.807, 2.05) is 29.7 Å². The van der Waals surface area contributed by atoms with Crippen molar-refractivity contribution in [3.05, 3.63) is 70.5 Å². The van der Waals surface area contributed by atoms with Crippen molar-refractivity contribution >= 4 is 40.7 Å². The number of thioether (sulfide) groups is 1. The molecule has 0 aliphatic carbocycles. The lowest BCUT2D eigenvalue weighted by atomic mass is 10.1. The van der Waals surface area contributed by atoms with Crippen LogP contribution < -0.4 is 0 Å². The Morgan fingerprint density at radius 2 is 1.88 bits per heavy atom. The average molecular weight is 378 g/mol. The predicted molar refractivity (Wildman–Crippen MR) is 97.5 cm³/mol. The summed E-state index contributed by atoms with van der Waals surface area (Å²) in [5.41, 5.74) is 1.47. The molecule has 3 rings (SSSR count). The van der Waals surface area contributed by atoms with Crippen LogP contribution in [0.15, 0.2) is 60.0 Å². The van der Waals surface area contributed by atoms with Crippen molar-refractivity contribution in [2.45, 2.75) is 17.3 Å². The molecule has 1 unspecified atom stereocenters. The van der Waals surface area contributed by atoms with Crippen LogP contribution in [0, 0.1) is 0 Å². The van der Waals surface area contributed by atoms with E-state index in [0.717, 1.165) is 5.69 Å². The van der Waals surface area contributed by atoms with Crippen LogP contribution in [0.1, 0.15) is 17.3 Å². The molecule has 2 aromatic carbocycles. The highest BCUT2D eigenvalue weighted by Gasteiger charge is 2.20. The molecule has 0 radical (unpaired) electrons. The summed E-state index contributed by atoms with van der Waals surface area (Å²) in [6.07, 6.45) is 1.60. The van der Waals surface area contributed by atoms with Crippen LogP contribution in [0.5, 0.6) is 0 Å². The summed E-state index contributed by atoms with van der Waals surface area (Å²) >= 11 is 13.2. The van der Waals surface area contributed by atoms with Gasteiger partial charge in [0.25, 0.3) is 0 Å². The zero-order valence-electron chi connectivity index (χ0n) is 12.7. The second-order valence-corrected chi connectivity index (χ2v) is 7.28. The number of aromatic nitrogens is 3. The number of Topliss-reactive ketones (excluding diaryl/α,β-unsaturated/α-hetero) is 1. The Balaban J connectivity index is 1.80. The van der Waals surface area contributed by atoms with Crippen molar-refractivity contribution in [1.82, 2.24) is 14.8 Å². The number of rotatable bonds is 5. The fraction of sp³-hybridized carbons (Fsp3) is 0.118. The van der Waals surface area contributed by atoms with Gasteiger partial charge in [-0.3, -0.25) is 9.36 Å². The molecule has 1 atom stereocenters. The van der Waals surface area contributed by atoms with E-state index in [4.69, 9.17) is 23.2 Å². The first kappa shape index (κ1) is 17.0. The summed E-state index contributed by atoms with van der Waals surface area (Å²) < 4.78 is 1.81. The topological polar surface area (TPSA) is 47.8 Å². The van der Waals surface area contributed by atoms with Crippen molar-refractivity contribution in [1.29, 1.82) is 0 Å². The second-order valence-electron chi connectivity index (χ2n) is 5.09. The monoisotopic (exact) mass is 377 g/mol. The van der Waals surface area contributed by atoms with Crippen LogP contribution >= 0.6 is 35.0 Å². The van der Waals surface area contributed by atoms with Crippen molar-refractivity contribution in [3.63, 3.8) is 0 Å². The molecule has 0 saturated carbocycles. The second kappa shape index (κ2) is 7.38. The van der Waals surface area contributed by atoms with Crippen LogP contribution in [0.4, 0.5) is 0 Å². The van der Waals surface area contributed by atoms with Crippen molar-refractivity contribution in [2.24, 2.45) is 0 Å². The molecule has 0 saturated heterocycles. The van der Waals surface area contributed by atoms with E-state index in [0.29, 0.717) is 20.8 Å². The Morgan fingerprint density at radius 3 is 2.58 bits per heavy atom. The van der Waals surface area contributed by atoms with E-state index in [1.165, 1.54) is 11.8 Å². The van der Waals surface area contributed by atoms with Crippen molar-refractivity contribution < 1.29 is 4.79 Å². The van der Waals surface area contributed by atoms with Gasteiger partial charge in [0, 0.05) is 15.6 Å². The van der Waals surface area contributed by atoms with Gasteiger partial charge in [-0.2, -0.15) is 0 Å². The quantitative estimate of drug-likeness (QED) is 0.466. The normalized spacial score (nSPS) is 12.1. The summed E-state index contributed by atoms with van der Waals surface area (Å²) in [7, 11) is 0. The number of ketones is 1. The molecule has 1 aromatic heterocycles. The van der Waals surface area contributed by atoms with Gasteiger partial charge in [0.2, 0.25) is 0 Å². The van der Waals surface area contributed by atoms with E-state index in [1.54, 1.807) is 36.7 Å². The van der Waals surface area contributed by atoms with Gasteiger partial charge in [-0.25, -0.2) is 0 Å². The standard InChI is InChI=1S/C17H13Cl2N3OS/c1-11(16(23)12-5-7-13(18)8-6-12)24-17-21-20-10-22(17)15-4-2-3-14(19)9-15/h2-11H,1H3. The number of carbonyl (C=O) groups is 1. The van der Waals surface area contributed by atoms with E-state index >= 15 is 0 Å². The minimum atomic E-state index is -0.312. The molecule has 1 heterocycles. The SMILES string of the molecule is CC(Sc1nncn1-c1cccc(Cl)c1)C(=O)c1ccc(Cl)cc1. The minimum absolute atomic E-state index is 0.0114. The number of hydrogen-bond acceptors (Lipinski definition) is 4. The molecule has 0 N–H and O–H groups in total. The Labute approximate surface area is 153 Å². The van der Waals surface area contributed by atoms with Crippen LogP contribution in [-0.2, 0) is 0 Å². The number of hydrogen-bond donors (Lipinski definition) is 0. The first-order valence-corrected chi connectivity index (χ1v) is 8.80. The van der Waals surface area contributed by atoms with Crippen molar-refractivity contribution in [2.75, 3.05) is 0 Å². The van der Waals surface area contributed by atoms with Gasteiger partial charge in [-0.05, 0) is 49.4 Å². The summed E-state index contributed by atoms with van der Waals surface area (Å²) in [4.78, 5) is 12.5. The van der Waals surface area contributed by atoms with Crippen LogP contribution in [0.25, 0.3) is 5.69 Å². The highest BCUT2D eigenvalue weighted by atomic mass is 35.5. The van der Waals surface area contributed by atoms with Gasteiger partial charge in [-0.15, -0.1) is 10.2 Å². The molecular formula is C17H13Cl2N3OS. The molecule has 0 aliphatic heterocycles. The van der Waals surface area contributed by atoms with Crippen molar-refractivity contribution in [3.8, 4) is 5.69 Å². The average Bonchev–Trinajstić information content (AvgIpc) is 3.03. The fourth-order valence-corrected chi connectivity index (χ4v) is 3.40. The molecule has 122 valence electrons. The third kappa shape index (κ3) is 3.80. The van der Waals surface area contributed by atoms with Gasteiger partial charge in [0.1, 0.15) is 6.33 Å². The van der Waals surface area contributed by atoms with Crippen LogP contribution in [0.2, 0.25) is 10.0 Å². The maximum Gasteiger partial charge on any atom is 0.196 e. The third-order valence-corrected chi connectivity index (χ3v) is 4.93. The summed E-state index contributed by atoms with van der Waals surface area (Å²) in [6, 6.07) is 14.3. The fourth-order valence-electron chi connectivity index (χ4n) is 2.17. The maximum atomic E-state index is 12.5. The molecule has 0 spiro atoms. The number of benzene rings is 2. The first-order chi connectivity index (χ1) is 11.5. The lowest BCUT2D eigenvalue weighted by Crippen LogP contribution is -2.14. The zero-order chi connectivity index (χ0) is 17.1. The number of carbonyl (C=O) groups excluding carboxylic acids is 1. The van der Waals surface area contributed by atoms with Gasteiger partial charge in [0.05, 0.1) is 10.9 Å². The van der Waals surface area contributed by atoms with Crippen LogP contribution in [-0.4, -0.2) is 25.8 Å². The molecule has 0 aliphatic rings. The highest BCUT2D eigenvalue weighted by Crippen LogP contribution is 2.27. The zero-order valence-corrected chi connectivity index (χ0v) is 15.0. The van der Waals surface area contributed by atoms with Gasteiger partial charge < -0.3 is 0 Å². The maximum absolute atomic E-state index is 12.5. The minimum Gasteiger partial charge on any atom is -0.293 e. The molecular weight excluding hydrogens is 365 g/mol. The molecule has 3 aromatic rings. The highest BCUT2D eigenvalue weighted by molar-refractivity contribution is 8.00. The van der Waals surface area contributed by atoms with Gasteiger partial charge in [-0.1, -0.05) is 41.0 Å². The number of nitrogens with zero attached hydrogens (tertiary/aromatic N) is 3. The Kier molecular flexibility index (Phi) is 5.23. The molecule has 0 amide bonds. The van der Waals surface area contributed by atoms with Gasteiger partial charge >= 0.3 is 0 Å². The summed E-state index contributed by atoms with van der Waals surface area (Å²) in [6.45, 7) is 1.85. The third-order valence-electron chi connectivity index (χ3n) is 3.38. The van der Waals surface area contributed by atoms with Gasteiger partial charge in [0.15, 0.2) is 10.9 Å². The number of halogens is 2. The summed E-state index contributed by atoms with van der Waals surface area (Å²) in [5.74, 6) is 0.0114. The summed E-state index contributed by atoms with van der Waals surface area (Å²) in [5, 5.41) is 9.61. The molecule has 24 heavy (non-hydrogen) atoms. The Morgan fingerprint density at radius 1 is 1.12 bits per heavy atom. The van der Waals surface area contributed by atoms with E-state index in [9.17, 15) is 4.79 Å². The van der Waals surface area contributed by atoms with E-state index < -0.39 is 0 Å². The Bertz CT molecular complexity index is 864. The molecule has 7 heteroatoms. The van der Waals surface area contributed by atoms with E-state index in [-0.39, 0.29) is 11.0 Å². The lowest BCUT2D eigenvalue weighted by molar-refractivity contribution is 0.0994. The Hall–Kier alpha value is -1.82. The first-order valence-electron chi connectivity index (χ1n) is 7.17. The largest absolute Gasteiger partial charge is 0.293 e.